The van der Waals surface area contributed by atoms with Crippen molar-refractivity contribution in [2.24, 2.45) is 5.92 Å². The zero-order chi connectivity index (χ0) is 20.8. The zero-order valence-corrected chi connectivity index (χ0v) is 17.3. The highest BCUT2D eigenvalue weighted by Gasteiger charge is 2.24. The molecule has 30 heavy (non-hydrogen) atoms. The van der Waals surface area contributed by atoms with Gasteiger partial charge >= 0.3 is 0 Å². The van der Waals surface area contributed by atoms with Crippen molar-refractivity contribution in [3.05, 3.63) is 66.1 Å². The summed E-state index contributed by atoms with van der Waals surface area (Å²) in [5.74, 6) is 2.77. The minimum atomic E-state index is 0.247. The van der Waals surface area contributed by atoms with E-state index >= 15 is 0 Å². The topological polar surface area (TPSA) is 68.5 Å². The maximum Gasteiger partial charge on any atom is 0.227 e. The summed E-state index contributed by atoms with van der Waals surface area (Å²) in [4.78, 5) is 19.1. The normalized spacial score (nSPS) is 14.6. The van der Waals surface area contributed by atoms with Gasteiger partial charge in [-0.05, 0) is 55.0 Å². The quantitative estimate of drug-likeness (QED) is 0.590. The smallest absolute Gasteiger partial charge is 0.227 e. The maximum atomic E-state index is 12.5. The van der Waals surface area contributed by atoms with E-state index in [2.05, 4.69) is 22.3 Å². The van der Waals surface area contributed by atoms with Gasteiger partial charge in [-0.1, -0.05) is 35.5 Å². The monoisotopic (exact) mass is 405 g/mol. The van der Waals surface area contributed by atoms with Gasteiger partial charge in [0.25, 0.3) is 0 Å². The second kappa shape index (κ2) is 9.57. The Kier molecular flexibility index (Phi) is 6.42. The third kappa shape index (κ3) is 5.06. The second-order valence-electron chi connectivity index (χ2n) is 7.75. The van der Waals surface area contributed by atoms with Crippen molar-refractivity contribution in [1.29, 1.82) is 0 Å². The van der Waals surface area contributed by atoms with E-state index in [0.717, 1.165) is 50.1 Å². The van der Waals surface area contributed by atoms with Crippen LogP contribution in [-0.2, 0) is 17.6 Å². The van der Waals surface area contributed by atoms with Crippen molar-refractivity contribution in [1.82, 2.24) is 15.0 Å². The van der Waals surface area contributed by atoms with E-state index in [9.17, 15) is 4.79 Å². The van der Waals surface area contributed by atoms with Crippen LogP contribution in [0.2, 0.25) is 0 Å². The van der Waals surface area contributed by atoms with Gasteiger partial charge in [0.05, 0.1) is 7.11 Å². The molecule has 0 aliphatic carbocycles. The van der Waals surface area contributed by atoms with Crippen LogP contribution in [0, 0.1) is 5.92 Å². The van der Waals surface area contributed by atoms with Gasteiger partial charge in [-0.15, -0.1) is 0 Å². The number of carbonyl (C=O) groups excluding carboxylic acids is 1. The molecule has 0 unspecified atom stereocenters. The number of aryl methyl sites for hydroxylation is 1. The highest BCUT2D eigenvalue weighted by molar-refractivity contribution is 5.76. The Morgan fingerprint density at radius 2 is 1.83 bits per heavy atom. The molecule has 156 valence electrons. The maximum absolute atomic E-state index is 12.5. The Labute approximate surface area is 176 Å². The van der Waals surface area contributed by atoms with E-state index in [1.165, 1.54) is 5.56 Å². The Hall–Kier alpha value is -3.15. The Morgan fingerprint density at radius 3 is 2.53 bits per heavy atom. The molecule has 6 nitrogen and oxygen atoms in total. The lowest BCUT2D eigenvalue weighted by atomic mass is 9.93. The third-order valence-corrected chi connectivity index (χ3v) is 5.72. The van der Waals surface area contributed by atoms with Crippen LogP contribution >= 0.6 is 0 Å². The van der Waals surface area contributed by atoms with Crippen molar-refractivity contribution >= 4 is 5.91 Å². The fraction of sp³-hybridized carbons (Fsp3) is 0.375. The van der Waals surface area contributed by atoms with E-state index in [-0.39, 0.29) is 5.91 Å². The van der Waals surface area contributed by atoms with E-state index in [1.807, 2.05) is 47.4 Å². The van der Waals surface area contributed by atoms with Crippen LogP contribution in [0.3, 0.4) is 0 Å². The number of aromatic nitrogens is 2. The largest absolute Gasteiger partial charge is 0.497 e. The van der Waals surface area contributed by atoms with Crippen LogP contribution in [0.25, 0.3) is 11.4 Å². The van der Waals surface area contributed by atoms with Crippen molar-refractivity contribution in [2.45, 2.75) is 32.1 Å². The fourth-order valence-electron chi connectivity index (χ4n) is 3.88. The molecule has 1 fully saturated rings. The molecular formula is C24H27N3O3. The van der Waals surface area contributed by atoms with Crippen LogP contribution in [0.15, 0.2) is 59.1 Å². The minimum absolute atomic E-state index is 0.247. The van der Waals surface area contributed by atoms with Gasteiger partial charge in [-0.25, -0.2) is 0 Å². The summed E-state index contributed by atoms with van der Waals surface area (Å²) in [6, 6.07) is 17.8. The first-order chi connectivity index (χ1) is 14.7. The molecule has 0 saturated carbocycles. The Bertz CT molecular complexity index is 945. The molecule has 1 aromatic heterocycles. The van der Waals surface area contributed by atoms with Crippen LogP contribution in [-0.4, -0.2) is 41.1 Å². The molecule has 4 rings (SSSR count). The van der Waals surface area contributed by atoms with Gasteiger partial charge in [0, 0.05) is 31.5 Å². The zero-order valence-electron chi connectivity index (χ0n) is 17.3. The highest BCUT2D eigenvalue weighted by Crippen LogP contribution is 2.24. The molecule has 0 bridgehead atoms. The summed E-state index contributed by atoms with van der Waals surface area (Å²) in [5, 5.41) is 4.11. The summed E-state index contributed by atoms with van der Waals surface area (Å²) in [6.07, 6.45) is 4.07. The lowest BCUT2D eigenvalue weighted by molar-refractivity contribution is -0.132. The molecule has 6 heteroatoms. The van der Waals surface area contributed by atoms with Crippen LogP contribution in [0.1, 0.15) is 30.7 Å². The third-order valence-electron chi connectivity index (χ3n) is 5.72. The number of benzene rings is 2. The van der Waals surface area contributed by atoms with E-state index < -0.39 is 0 Å². The molecule has 1 aliphatic heterocycles. The van der Waals surface area contributed by atoms with Crippen molar-refractivity contribution in [3.8, 4) is 17.1 Å². The molecule has 0 atom stereocenters. The first kappa shape index (κ1) is 20.1. The first-order valence-corrected chi connectivity index (χ1v) is 10.5. The van der Waals surface area contributed by atoms with Crippen LogP contribution < -0.4 is 4.74 Å². The fourth-order valence-corrected chi connectivity index (χ4v) is 3.88. The molecule has 1 aliphatic rings. The number of hydrogen-bond donors (Lipinski definition) is 0. The molecule has 0 spiro atoms. The number of likely N-dealkylation sites (tertiary alicyclic amines) is 1. The summed E-state index contributed by atoms with van der Waals surface area (Å²) < 4.78 is 10.6. The minimum Gasteiger partial charge on any atom is -0.497 e. The molecular weight excluding hydrogens is 378 g/mol. The average molecular weight is 405 g/mol. The number of piperidine rings is 1. The first-order valence-electron chi connectivity index (χ1n) is 10.5. The number of ether oxygens (including phenoxy) is 1. The average Bonchev–Trinajstić information content (AvgIpc) is 3.27. The number of rotatable bonds is 7. The van der Waals surface area contributed by atoms with Crippen molar-refractivity contribution in [2.75, 3.05) is 20.2 Å². The molecule has 2 aromatic carbocycles. The van der Waals surface area contributed by atoms with Gasteiger partial charge in [0.1, 0.15) is 5.75 Å². The Balaban J connectivity index is 1.24. The molecule has 2 heterocycles. The van der Waals surface area contributed by atoms with Crippen molar-refractivity contribution < 1.29 is 14.1 Å². The molecule has 0 radical (unpaired) electrons. The summed E-state index contributed by atoms with van der Waals surface area (Å²) in [5.41, 5.74) is 2.12. The predicted molar refractivity (Wildman–Crippen MR) is 114 cm³/mol. The van der Waals surface area contributed by atoms with Crippen molar-refractivity contribution in [3.63, 3.8) is 0 Å². The van der Waals surface area contributed by atoms with E-state index in [0.29, 0.717) is 24.1 Å². The highest BCUT2D eigenvalue weighted by atomic mass is 16.5. The van der Waals surface area contributed by atoms with E-state index in [4.69, 9.17) is 9.26 Å². The van der Waals surface area contributed by atoms with Gasteiger partial charge in [-0.3, -0.25) is 4.79 Å². The predicted octanol–water partition coefficient (Wildman–Crippen LogP) is 4.16. The second-order valence-corrected chi connectivity index (χ2v) is 7.75. The van der Waals surface area contributed by atoms with Crippen LogP contribution in [0.4, 0.5) is 0 Å². The van der Waals surface area contributed by atoms with Gasteiger partial charge in [-0.2, -0.15) is 4.98 Å². The summed E-state index contributed by atoms with van der Waals surface area (Å²) in [6.45, 7) is 1.61. The van der Waals surface area contributed by atoms with Crippen LogP contribution in [0.5, 0.6) is 5.75 Å². The number of hydrogen-bond acceptors (Lipinski definition) is 5. The van der Waals surface area contributed by atoms with E-state index in [1.54, 1.807) is 7.11 Å². The number of nitrogens with zero attached hydrogens (tertiary/aromatic N) is 3. The number of amides is 1. The summed E-state index contributed by atoms with van der Waals surface area (Å²) >= 11 is 0. The lowest BCUT2D eigenvalue weighted by Crippen LogP contribution is -2.39. The SMILES string of the molecule is COc1ccc(-c2noc(CC3CCN(C(=O)CCc4ccccc4)CC3)n2)cc1. The molecule has 1 saturated heterocycles. The molecule has 0 N–H and O–H groups in total. The number of carbonyl (C=O) groups is 1. The number of methoxy groups -OCH3 is 1. The van der Waals surface area contributed by atoms with Gasteiger partial charge in [0.15, 0.2) is 0 Å². The molecule has 3 aromatic rings. The Morgan fingerprint density at radius 1 is 1.10 bits per heavy atom. The lowest BCUT2D eigenvalue weighted by Gasteiger charge is -2.31. The summed E-state index contributed by atoms with van der Waals surface area (Å²) in [7, 11) is 1.64. The molecule has 1 amide bonds. The van der Waals surface area contributed by atoms with Gasteiger partial charge in [0.2, 0.25) is 17.6 Å². The standard InChI is InChI=1S/C24H27N3O3/c1-29-21-10-8-20(9-11-21)24-25-22(30-26-24)17-19-13-15-27(16-14-19)23(28)12-7-18-5-3-2-4-6-18/h2-6,8-11,19H,7,12-17H2,1H3. The van der Waals surface area contributed by atoms with Gasteiger partial charge < -0.3 is 14.2 Å².